The van der Waals surface area contributed by atoms with Gasteiger partial charge in [-0.25, -0.2) is 24.5 Å². The number of carbonyl (C=O) groups excluding carboxylic acids is 1. The number of aromatic nitrogens is 4. The molecule has 2 amide bonds. The van der Waals surface area contributed by atoms with Gasteiger partial charge in [-0.2, -0.15) is 12.7 Å². The molecule has 11 nitrogen and oxygen atoms in total. The van der Waals surface area contributed by atoms with Gasteiger partial charge in [0.25, 0.3) is 0 Å². The second-order valence-electron chi connectivity index (χ2n) is 8.10. The first-order valence-corrected chi connectivity index (χ1v) is 13.7. The molecule has 0 radical (unpaired) electrons. The topological polar surface area (TPSA) is 142 Å². The highest BCUT2D eigenvalue weighted by Gasteiger charge is 2.26. The highest BCUT2D eigenvalue weighted by atomic mass is 32.2. The molecule has 36 heavy (non-hydrogen) atoms. The monoisotopic (exact) mass is 524 g/mol. The number of hydrogen-bond donors (Lipinski definition) is 3. The van der Waals surface area contributed by atoms with Crippen molar-refractivity contribution in [2.24, 2.45) is 0 Å². The molecule has 0 bridgehead atoms. The first-order chi connectivity index (χ1) is 17.4. The second-order valence-corrected chi connectivity index (χ2v) is 10.8. The van der Waals surface area contributed by atoms with Crippen molar-refractivity contribution in [3.63, 3.8) is 0 Å². The van der Waals surface area contributed by atoms with Crippen LogP contribution in [0.5, 0.6) is 0 Å². The average molecular weight is 525 g/mol. The van der Waals surface area contributed by atoms with Crippen LogP contribution in [0.2, 0.25) is 0 Å². The van der Waals surface area contributed by atoms with Gasteiger partial charge in [-0.1, -0.05) is 17.4 Å². The molecule has 1 fully saturated rings. The Kier molecular flexibility index (Phi) is 6.76. The molecule has 3 aromatic heterocycles. The number of fused-ring (bicyclic) bond motifs is 1. The predicted molar refractivity (Wildman–Crippen MR) is 140 cm³/mol. The standard InChI is InChI=1S/C23H24N8O3S2/c1-2-24-22(32)29-23-28-19-12-15(11-17(20(19)35-23)18-7-3-4-8-25-18)16-13-26-21(27-14-16)30-36(33,34)31-9-5-6-10-31/h3-4,7-8,11-14H,2,5-6,9-10H2,1H3,(H,26,27,30)(H2,24,28,29,32). The summed E-state index contributed by atoms with van der Waals surface area (Å²) < 4.78 is 29.7. The number of urea groups is 1. The number of anilines is 2. The van der Waals surface area contributed by atoms with E-state index in [0.717, 1.165) is 34.4 Å². The van der Waals surface area contributed by atoms with Crippen LogP contribution in [0.1, 0.15) is 19.8 Å². The third-order valence-electron chi connectivity index (χ3n) is 5.60. The predicted octanol–water partition coefficient (Wildman–Crippen LogP) is 3.71. The molecule has 4 aromatic rings. The number of nitrogens with zero attached hydrogens (tertiary/aromatic N) is 5. The van der Waals surface area contributed by atoms with Crippen molar-refractivity contribution < 1.29 is 13.2 Å². The quantitative estimate of drug-likeness (QED) is 0.334. The lowest BCUT2D eigenvalue weighted by Crippen LogP contribution is -2.33. The number of amides is 2. The largest absolute Gasteiger partial charge is 0.338 e. The highest BCUT2D eigenvalue weighted by Crippen LogP contribution is 2.38. The molecule has 3 N–H and O–H groups in total. The number of thiazole rings is 1. The van der Waals surface area contributed by atoms with E-state index in [9.17, 15) is 13.2 Å². The lowest BCUT2D eigenvalue weighted by molar-refractivity contribution is 0.252. The van der Waals surface area contributed by atoms with Gasteiger partial charge in [0.05, 0.1) is 15.9 Å². The van der Waals surface area contributed by atoms with Gasteiger partial charge in [-0.3, -0.25) is 10.3 Å². The summed E-state index contributed by atoms with van der Waals surface area (Å²) in [5.41, 5.74) is 3.76. The average Bonchev–Trinajstić information content (AvgIpc) is 3.55. The number of carbonyl (C=O) groups is 1. The molecular formula is C23H24N8O3S2. The van der Waals surface area contributed by atoms with E-state index in [2.05, 4.69) is 35.3 Å². The van der Waals surface area contributed by atoms with Gasteiger partial charge < -0.3 is 5.32 Å². The fourth-order valence-corrected chi connectivity index (χ4v) is 6.07. The van der Waals surface area contributed by atoms with Crippen LogP contribution >= 0.6 is 11.3 Å². The van der Waals surface area contributed by atoms with Crippen LogP contribution in [0.3, 0.4) is 0 Å². The Balaban J connectivity index is 1.49. The highest BCUT2D eigenvalue weighted by molar-refractivity contribution is 7.90. The Morgan fingerprint density at radius 1 is 1.08 bits per heavy atom. The Bertz CT molecular complexity index is 1490. The first-order valence-electron chi connectivity index (χ1n) is 11.4. The van der Waals surface area contributed by atoms with Crippen LogP contribution < -0.4 is 15.4 Å². The lowest BCUT2D eigenvalue weighted by atomic mass is 10.0. The second kappa shape index (κ2) is 10.1. The summed E-state index contributed by atoms with van der Waals surface area (Å²) in [7, 11) is -3.67. The van der Waals surface area contributed by atoms with E-state index in [1.807, 2.05) is 37.3 Å². The SMILES string of the molecule is CCNC(=O)Nc1nc2cc(-c3cnc(NS(=O)(=O)N4CCCC4)nc3)cc(-c3ccccn3)c2s1. The normalized spacial score (nSPS) is 14.1. The van der Waals surface area contributed by atoms with E-state index in [-0.39, 0.29) is 12.0 Å². The summed E-state index contributed by atoms with van der Waals surface area (Å²) in [4.78, 5) is 29.6. The van der Waals surface area contributed by atoms with Crippen molar-refractivity contribution >= 4 is 48.9 Å². The van der Waals surface area contributed by atoms with Gasteiger partial charge in [0, 0.05) is 49.4 Å². The minimum Gasteiger partial charge on any atom is -0.338 e. The van der Waals surface area contributed by atoms with Crippen LogP contribution in [-0.2, 0) is 10.2 Å². The Morgan fingerprint density at radius 3 is 2.56 bits per heavy atom. The molecule has 1 saturated heterocycles. The lowest BCUT2D eigenvalue weighted by Gasteiger charge is -2.15. The maximum atomic E-state index is 12.5. The van der Waals surface area contributed by atoms with E-state index in [1.54, 1.807) is 18.6 Å². The zero-order valence-electron chi connectivity index (χ0n) is 19.4. The number of hydrogen-bond acceptors (Lipinski definition) is 8. The summed E-state index contributed by atoms with van der Waals surface area (Å²) in [6.45, 7) is 3.33. The summed E-state index contributed by atoms with van der Waals surface area (Å²) in [6, 6.07) is 9.17. The number of pyridine rings is 1. The van der Waals surface area contributed by atoms with Crippen LogP contribution in [0, 0.1) is 0 Å². The van der Waals surface area contributed by atoms with Crippen molar-refractivity contribution in [2.45, 2.75) is 19.8 Å². The third-order valence-corrected chi connectivity index (χ3v) is 8.10. The molecule has 0 spiro atoms. The van der Waals surface area contributed by atoms with Crippen LogP contribution in [0.15, 0.2) is 48.9 Å². The zero-order chi connectivity index (χ0) is 25.1. The summed E-state index contributed by atoms with van der Waals surface area (Å²) in [5.74, 6) is 0.0127. The minimum absolute atomic E-state index is 0.0127. The molecule has 1 aliphatic heterocycles. The van der Waals surface area contributed by atoms with Crippen LogP contribution in [0.25, 0.3) is 32.6 Å². The molecule has 13 heteroatoms. The Morgan fingerprint density at radius 2 is 1.86 bits per heavy atom. The summed E-state index contributed by atoms with van der Waals surface area (Å²) in [5, 5.41) is 5.93. The number of rotatable bonds is 7. The van der Waals surface area contributed by atoms with Gasteiger partial charge >= 0.3 is 16.2 Å². The molecule has 5 rings (SSSR count). The van der Waals surface area contributed by atoms with Gasteiger partial charge in [0.1, 0.15) is 0 Å². The summed E-state index contributed by atoms with van der Waals surface area (Å²) >= 11 is 1.36. The van der Waals surface area contributed by atoms with Gasteiger partial charge in [0.2, 0.25) is 5.95 Å². The van der Waals surface area contributed by atoms with Crippen molar-refractivity contribution in [1.29, 1.82) is 0 Å². The fraction of sp³-hybridized carbons (Fsp3) is 0.261. The smallest absolute Gasteiger partial charge is 0.321 e. The van der Waals surface area contributed by atoms with E-state index in [1.165, 1.54) is 15.6 Å². The molecular weight excluding hydrogens is 500 g/mol. The number of nitrogens with one attached hydrogen (secondary N) is 3. The van der Waals surface area contributed by atoms with E-state index >= 15 is 0 Å². The number of benzene rings is 1. The van der Waals surface area contributed by atoms with Gasteiger partial charge in [-0.05, 0) is 49.6 Å². The molecule has 4 heterocycles. The molecule has 1 aliphatic rings. The van der Waals surface area contributed by atoms with Gasteiger partial charge in [0.15, 0.2) is 5.13 Å². The fourth-order valence-electron chi connectivity index (χ4n) is 3.91. The molecule has 186 valence electrons. The van der Waals surface area contributed by atoms with Crippen molar-refractivity contribution in [3.8, 4) is 22.4 Å². The van der Waals surface area contributed by atoms with E-state index < -0.39 is 10.2 Å². The van der Waals surface area contributed by atoms with Crippen molar-refractivity contribution in [1.82, 2.24) is 29.6 Å². The van der Waals surface area contributed by atoms with Crippen LogP contribution in [-0.4, -0.2) is 58.3 Å². The Hall–Kier alpha value is -3.68. The maximum Gasteiger partial charge on any atom is 0.321 e. The first kappa shape index (κ1) is 24.0. The van der Waals surface area contributed by atoms with Crippen molar-refractivity contribution in [2.75, 3.05) is 29.7 Å². The molecule has 0 unspecified atom stereocenters. The Labute approximate surface area is 212 Å². The van der Waals surface area contributed by atoms with Crippen LogP contribution in [0.4, 0.5) is 15.9 Å². The molecule has 0 aliphatic carbocycles. The molecule has 0 saturated carbocycles. The minimum atomic E-state index is -3.67. The van der Waals surface area contributed by atoms with E-state index in [0.29, 0.717) is 35.8 Å². The van der Waals surface area contributed by atoms with E-state index in [4.69, 9.17) is 0 Å². The van der Waals surface area contributed by atoms with Gasteiger partial charge in [-0.15, -0.1) is 0 Å². The third kappa shape index (κ3) is 5.12. The molecule has 0 atom stereocenters. The maximum absolute atomic E-state index is 12.5. The molecule has 1 aromatic carbocycles. The summed E-state index contributed by atoms with van der Waals surface area (Å²) in [6.07, 6.45) is 6.54. The zero-order valence-corrected chi connectivity index (χ0v) is 21.1. The van der Waals surface area contributed by atoms with Crippen molar-refractivity contribution in [3.05, 3.63) is 48.9 Å².